The molecule has 1 heterocycles. The van der Waals surface area contributed by atoms with Crippen molar-refractivity contribution in [2.24, 2.45) is 17.8 Å². The van der Waals surface area contributed by atoms with E-state index in [1.54, 1.807) is 7.11 Å². The van der Waals surface area contributed by atoms with E-state index in [1.165, 1.54) is 6.42 Å². The number of likely N-dealkylation sites (tertiary alicyclic amines) is 1. The summed E-state index contributed by atoms with van der Waals surface area (Å²) in [7, 11) is 9.84. The van der Waals surface area contributed by atoms with Crippen LogP contribution >= 0.6 is 0 Å². The van der Waals surface area contributed by atoms with E-state index < -0.39 is 5.97 Å². The van der Waals surface area contributed by atoms with Crippen LogP contribution in [0, 0.1) is 17.8 Å². The van der Waals surface area contributed by atoms with Gasteiger partial charge in [-0.05, 0) is 77.5 Å². The summed E-state index contributed by atoms with van der Waals surface area (Å²) in [5.41, 5.74) is 0. The fourth-order valence-corrected chi connectivity index (χ4v) is 5.70. The number of amides is 3. The number of hydrogen-bond donors (Lipinski definition) is 4. The van der Waals surface area contributed by atoms with Crippen LogP contribution in [0.3, 0.4) is 0 Å². The third-order valence-electron chi connectivity index (χ3n) is 7.93. The van der Waals surface area contributed by atoms with Crippen LogP contribution in [0.1, 0.15) is 114 Å². The maximum atomic E-state index is 11.3. The second-order valence-corrected chi connectivity index (χ2v) is 12.4. The molecule has 0 radical (unpaired) electrons. The number of aldehydes is 1. The van der Waals surface area contributed by atoms with Crippen LogP contribution in [0.2, 0.25) is 0 Å². The molecular weight excluding hydrogens is 654 g/mol. The van der Waals surface area contributed by atoms with E-state index in [2.05, 4.69) is 71.2 Å². The fourth-order valence-electron chi connectivity index (χ4n) is 5.70. The Morgan fingerprint density at radius 3 is 1.84 bits per heavy atom. The first-order chi connectivity index (χ1) is 24.3. The first-order valence-corrected chi connectivity index (χ1v) is 19.0. The third-order valence-corrected chi connectivity index (χ3v) is 7.93. The molecule has 0 aromatic heterocycles. The molecule has 1 aliphatic rings. The van der Waals surface area contributed by atoms with E-state index >= 15 is 0 Å². The van der Waals surface area contributed by atoms with Gasteiger partial charge in [-0.2, -0.15) is 0 Å². The topological polar surface area (TPSA) is 167 Å². The van der Waals surface area contributed by atoms with Crippen LogP contribution < -0.4 is 16.0 Å². The Kier molecular flexibility index (Phi) is 47.3. The summed E-state index contributed by atoms with van der Waals surface area (Å²) in [4.78, 5) is 54.9. The van der Waals surface area contributed by atoms with Gasteiger partial charge in [0.2, 0.25) is 18.7 Å². The Bertz CT molecular complexity index is 804. The molecule has 0 aromatic carbocycles. The highest BCUT2D eigenvalue weighted by atomic mass is 16.5. The number of hydrogen-bond acceptors (Lipinski definition) is 9. The van der Waals surface area contributed by atoms with Gasteiger partial charge in [-0.15, -0.1) is 0 Å². The highest BCUT2D eigenvalue weighted by molar-refractivity contribution is 5.83. The predicted octanol–water partition coefficient (Wildman–Crippen LogP) is 4.86. The van der Waals surface area contributed by atoms with Crippen LogP contribution in [0.25, 0.3) is 0 Å². The van der Waals surface area contributed by atoms with Crippen molar-refractivity contribution in [2.75, 3.05) is 61.5 Å². The van der Waals surface area contributed by atoms with Gasteiger partial charge in [-0.1, -0.05) is 82.1 Å². The lowest BCUT2D eigenvalue weighted by Crippen LogP contribution is -2.46. The lowest BCUT2D eigenvalue weighted by molar-refractivity contribution is -0.136. The van der Waals surface area contributed by atoms with E-state index in [4.69, 9.17) is 14.6 Å². The first kappa shape index (κ1) is 57.7. The largest absolute Gasteiger partial charge is 0.480 e. The van der Waals surface area contributed by atoms with Gasteiger partial charge in [0.25, 0.3) is 0 Å². The number of carbonyl (C=O) groups is 5. The minimum Gasteiger partial charge on any atom is -0.480 e. The van der Waals surface area contributed by atoms with Gasteiger partial charge in [0, 0.05) is 26.8 Å². The molecular formula is C38H81N5O8. The number of methoxy groups -OCH3 is 2. The molecule has 3 amide bonds. The number of nitrogens with one attached hydrogen (secondary N) is 3. The van der Waals surface area contributed by atoms with Crippen molar-refractivity contribution < 1.29 is 38.6 Å². The Balaban J connectivity index is -0.000000222. The molecule has 1 saturated heterocycles. The van der Waals surface area contributed by atoms with Gasteiger partial charge in [-0.25, -0.2) is 0 Å². The van der Waals surface area contributed by atoms with Crippen molar-refractivity contribution in [1.82, 2.24) is 25.8 Å². The highest BCUT2D eigenvalue weighted by Crippen LogP contribution is 2.30. The number of carboxylic acids is 1. The lowest BCUT2D eigenvalue weighted by atomic mass is 9.81. The van der Waals surface area contributed by atoms with Gasteiger partial charge in [0.15, 0.2) is 0 Å². The van der Waals surface area contributed by atoms with Gasteiger partial charge in [-0.3, -0.25) is 24.1 Å². The maximum absolute atomic E-state index is 11.3. The average Bonchev–Trinajstić information content (AvgIpc) is 3.55. The zero-order chi connectivity index (χ0) is 40.8. The third kappa shape index (κ3) is 31.8. The summed E-state index contributed by atoms with van der Waals surface area (Å²) in [6.45, 7) is 22.7. The van der Waals surface area contributed by atoms with Crippen molar-refractivity contribution >= 4 is 31.0 Å². The standard InChI is InChI=1S/C20H42N2O3.C8H14N2O2.C3H5NO3.C3H8.2C2H6/c1-9-16(4)19(22(5)6)18(24-7)13-17(11-10-12-21-14-23)20(25-8)15(2)3;1-10-5-2-3-7(10)8(12)9-4-6-11;5-2-4-1-3(6)7;1-3-2;2*1-2/h14-20H,9-13H2,1-8H3,(H,21,23);6-7H,2-5H2,1H3,(H,9,12);2H,1H2,(H,4,5)(H,6,7);3H2,1-2H3;2*1-2H3. The average molecular weight is 736 g/mol. The number of carbonyl (C=O) groups excluding carboxylic acids is 4. The molecule has 306 valence electrons. The molecule has 1 fully saturated rings. The number of rotatable bonds is 21. The highest BCUT2D eigenvalue weighted by Gasteiger charge is 2.33. The monoisotopic (exact) mass is 736 g/mol. The first-order valence-electron chi connectivity index (χ1n) is 19.0. The van der Waals surface area contributed by atoms with Crippen LogP contribution in [0.4, 0.5) is 0 Å². The van der Waals surface area contributed by atoms with Crippen molar-refractivity contribution in [2.45, 2.75) is 138 Å². The smallest absolute Gasteiger partial charge is 0.322 e. The molecule has 51 heavy (non-hydrogen) atoms. The number of likely N-dealkylation sites (N-methyl/N-ethyl adjacent to an activating group) is 2. The van der Waals surface area contributed by atoms with Crippen molar-refractivity contribution in [3.05, 3.63) is 0 Å². The van der Waals surface area contributed by atoms with Crippen molar-refractivity contribution in [3.8, 4) is 0 Å². The second kappa shape index (κ2) is 41.8. The minimum atomic E-state index is -1.04. The minimum absolute atomic E-state index is 0.0232. The normalized spacial score (nSPS) is 16.1. The molecule has 0 aromatic rings. The quantitative estimate of drug-likeness (QED) is 0.0945. The van der Waals surface area contributed by atoms with E-state index in [-0.39, 0.29) is 37.2 Å². The van der Waals surface area contributed by atoms with Gasteiger partial charge >= 0.3 is 5.97 Å². The van der Waals surface area contributed by atoms with Crippen LogP contribution in [0.15, 0.2) is 0 Å². The number of nitrogens with zero attached hydrogens (tertiary/aromatic N) is 2. The van der Waals surface area contributed by atoms with Crippen molar-refractivity contribution in [1.29, 1.82) is 0 Å². The molecule has 6 unspecified atom stereocenters. The molecule has 0 bridgehead atoms. The van der Waals surface area contributed by atoms with Gasteiger partial charge < -0.3 is 40.2 Å². The summed E-state index contributed by atoms with van der Waals surface area (Å²) < 4.78 is 11.8. The van der Waals surface area contributed by atoms with E-state index in [0.717, 1.165) is 51.5 Å². The molecule has 6 atom stereocenters. The van der Waals surface area contributed by atoms with E-state index in [9.17, 15) is 24.0 Å². The fraction of sp³-hybridized carbons (Fsp3) is 0.868. The Morgan fingerprint density at radius 2 is 1.51 bits per heavy atom. The molecule has 0 spiro atoms. The van der Waals surface area contributed by atoms with Crippen molar-refractivity contribution in [3.63, 3.8) is 0 Å². The Hall–Kier alpha value is -2.61. The van der Waals surface area contributed by atoms with Gasteiger partial charge in [0.05, 0.1) is 24.8 Å². The lowest BCUT2D eigenvalue weighted by Gasteiger charge is -2.39. The second-order valence-electron chi connectivity index (χ2n) is 12.4. The Morgan fingerprint density at radius 1 is 0.961 bits per heavy atom. The van der Waals surface area contributed by atoms with Gasteiger partial charge in [0.1, 0.15) is 12.8 Å². The molecule has 1 aliphatic heterocycles. The summed E-state index contributed by atoms with van der Waals surface area (Å²) in [5.74, 6) is 0.370. The summed E-state index contributed by atoms with van der Waals surface area (Å²) in [5, 5.41) is 15.1. The Labute approximate surface area is 312 Å². The van der Waals surface area contributed by atoms with Crippen LogP contribution in [-0.2, 0) is 33.4 Å². The van der Waals surface area contributed by atoms with Crippen LogP contribution in [0.5, 0.6) is 0 Å². The zero-order valence-electron chi connectivity index (χ0n) is 35.3. The zero-order valence-corrected chi connectivity index (χ0v) is 35.3. The SMILES string of the molecule is CC.CC.CCC.CCC(C)C(C(CC(CCCNC=O)C(OC)C(C)C)OC)N(C)C.CN1CCCC1C(=O)NCC=O.O=CNCC(=O)O. The predicted molar refractivity (Wildman–Crippen MR) is 210 cm³/mol. The van der Waals surface area contributed by atoms with E-state index in [0.29, 0.717) is 43.0 Å². The van der Waals surface area contributed by atoms with Crippen LogP contribution in [-0.4, -0.2) is 132 Å². The molecule has 4 N–H and O–H groups in total. The molecule has 13 nitrogen and oxygen atoms in total. The number of ether oxygens (including phenoxy) is 2. The summed E-state index contributed by atoms with van der Waals surface area (Å²) in [6, 6.07) is 0.361. The number of carboxylic acid groups (broad SMARTS) is 1. The molecule has 13 heteroatoms. The molecule has 0 saturated carbocycles. The maximum Gasteiger partial charge on any atom is 0.322 e. The molecule has 0 aliphatic carbocycles. The summed E-state index contributed by atoms with van der Waals surface area (Å²) in [6.07, 6.45) is 9.50. The van der Waals surface area contributed by atoms with E-state index in [1.807, 2.05) is 52.1 Å². The molecule has 1 rings (SSSR count). The summed E-state index contributed by atoms with van der Waals surface area (Å²) >= 11 is 0. The number of aliphatic carboxylic acids is 1.